The Kier molecular flexibility index (Phi) is 7.84. The van der Waals surface area contributed by atoms with E-state index in [4.69, 9.17) is 0 Å². The number of benzene rings is 1. The van der Waals surface area contributed by atoms with E-state index < -0.39 is 0 Å². The third kappa shape index (κ3) is 6.73. The van der Waals surface area contributed by atoms with E-state index in [1.807, 2.05) is 37.9 Å². The van der Waals surface area contributed by atoms with Gasteiger partial charge in [-0.05, 0) is 36.7 Å². The molecule has 0 saturated carbocycles. The fraction of sp³-hybridized carbons (Fsp3) is 0.318. The minimum atomic E-state index is -0.114. The zero-order valence-electron chi connectivity index (χ0n) is 16.9. The minimum absolute atomic E-state index is 0.114. The van der Waals surface area contributed by atoms with E-state index in [9.17, 15) is 4.79 Å². The van der Waals surface area contributed by atoms with Gasteiger partial charge in [-0.2, -0.15) is 11.8 Å². The van der Waals surface area contributed by atoms with Crippen molar-refractivity contribution in [3.05, 3.63) is 87.1 Å². The smallest absolute Gasteiger partial charge is 0.255 e. The summed E-state index contributed by atoms with van der Waals surface area (Å²) in [5, 5.41) is 6.37. The summed E-state index contributed by atoms with van der Waals surface area (Å²) in [5.41, 5.74) is 5.10. The van der Waals surface area contributed by atoms with Gasteiger partial charge in [0, 0.05) is 54.7 Å². The van der Waals surface area contributed by atoms with E-state index in [1.165, 1.54) is 11.1 Å². The molecule has 0 bridgehead atoms. The van der Waals surface area contributed by atoms with Gasteiger partial charge in [0.2, 0.25) is 5.95 Å². The molecule has 0 spiro atoms. The van der Waals surface area contributed by atoms with Gasteiger partial charge in [0.25, 0.3) is 5.56 Å². The normalized spacial score (nSPS) is 10.8. The molecule has 2 heterocycles. The number of H-pyrrole nitrogens is 1. The van der Waals surface area contributed by atoms with Gasteiger partial charge in [0.15, 0.2) is 0 Å². The van der Waals surface area contributed by atoms with Crippen molar-refractivity contribution in [3.63, 3.8) is 0 Å². The Bertz CT molecular complexity index is 971. The lowest BCUT2D eigenvalue weighted by molar-refractivity contribution is 0.817. The Morgan fingerprint density at radius 1 is 1.07 bits per heavy atom. The summed E-state index contributed by atoms with van der Waals surface area (Å²) >= 11 is 1.85. The second kappa shape index (κ2) is 10.8. The second-order valence-electron chi connectivity index (χ2n) is 6.90. The van der Waals surface area contributed by atoms with Crippen LogP contribution < -0.4 is 16.2 Å². The SMILES string of the molecule is CNCc1cccc(CSCCNc2ncc(Cc3ccc(C)nc3)c(=O)[nH]2)c1. The monoisotopic (exact) mass is 409 g/mol. The third-order valence-corrected chi connectivity index (χ3v) is 5.45. The minimum Gasteiger partial charge on any atom is -0.355 e. The van der Waals surface area contributed by atoms with Gasteiger partial charge in [-0.15, -0.1) is 0 Å². The van der Waals surface area contributed by atoms with Crippen LogP contribution >= 0.6 is 11.8 Å². The number of rotatable bonds is 10. The zero-order chi connectivity index (χ0) is 20.5. The summed E-state index contributed by atoms with van der Waals surface area (Å²) in [7, 11) is 1.96. The van der Waals surface area contributed by atoms with E-state index in [1.54, 1.807) is 12.4 Å². The highest BCUT2D eigenvalue weighted by Gasteiger charge is 2.05. The molecule has 0 saturated heterocycles. The number of aromatic amines is 1. The van der Waals surface area contributed by atoms with Crippen molar-refractivity contribution in [2.45, 2.75) is 25.6 Å². The van der Waals surface area contributed by atoms with Gasteiger partial charge >= 0.3 is 0 Å². The van der Waals surface area contributed by atoms with Crippen molar-refractivity contribution in [2.24, 2.45) is 0 Å². The fourth-order valence-electron chi connectivity index (χ4n) is 2.93. The van der Waals surface area contributed by atoms with E-state index in [0.717, 1.165) is 35.9 Å². The molecule has 2 aromatic heterocycles. The van der Waals surface area contributed by atoms with Gasteiger partial charge in [-0.1, -0.05) is 30.3 Å². The van der Waals surface area contributed by atoms with Gasteiger partial charge in [-0.25, -0.2) is 4.98 Å². The first-order valence-corrected chi connectivity index (χ1v) is 10.8. The molecule has 0 amide bonds. The number of nitrogens with zero attached hydrogens (tertiary/aromatic N) is 2. The zero-order valence-corrected chi connectivity index (χ0v) is 17.7. The quantitative estimate of drug-likeness (QED) is 0.446. The Labute approximate surface area is 175 Å². The number of hydrogen-bond donors (Lipinski definition) is 3. The van der Waals surface area contributed by atoms with Crippen molar-refractivity contribution in [3.8, 4) is 0 Å². The van der Waals surface area contributed by atoms with Crippen LogP contribution in [0.4, 0.5) is 5.95 Å². The van der Waals surface area contributed by atoms with Gasteiger partial charge in [0.05, 0.1) is 0 Å². The van der Waals surface area contributed by atoms with Crippen molar-refractivity contribution in [1.29, 1.82) is 0 Å². The second-order valence-corrected chi connectivity index (χ2v) is 8.01. The predicted molar refractivity (Wildman–Crippen MR) is 120 cm³/mol. The highest BCUT2D eigenvalue weighted by atomic mass is 32.2. The molecule has 6 nitrogen and oxygen atoms in total. The first kappa shape index (κ1) is 21.1. The molecule has 3 N–H and O–H groups in total. The molecule has 0 atom stereocenters. The van der Waals surface area contributed by atoms with Crippen molar-refractivity contribution < 1.29 is 0 Å². The molecule has 0 aliphatic heterocycles. The standard InChI is InChI=1S/C22H27N5OS/c1-16-6-7-18(13-25-16)11-20-14-26-22(27-21(20)28)24-8-9-29-15-19-5-3-4-17(10-19)12-23-2/h3-7,10,13-14,23H,8-9,11-12,15H2,1-2H3,(H2,24,26,27,28). The maximum Gasteiger partial charge on any atom is 0.255 e. The van der Waals surface area contributed by atoms with Crippen LogP contribution in [0.5, 0.6) is 0 Å². The van der Waals surface area contributed by atoms with E-state index >= 15 is 0 Å². The summed E-state index contributed by atoms with van der Waals surface area (Å²) in [4.78, 5) is 23.7. The summed E-state index contributed by atoms with van der Waals surface area (Å²) in [6.07, 6.45) is 3.96. The number of hydrogen-bond acceptors (Lipinski definition) is 6. The van der Waals surface area contributed by atoms with Crippen LogP contribution in [0.3, 0.4) is 0 Å². The van der Waals surface area contributed by atoms with Gasteiger partial charge in [-0.3, -0.25) is 14.8 Å². The largest absolute Gasteiger partial charge is 0.355 e. The molecule has 7 heteroatoms. The van der Waals surface area contributed by atoms with Crippen LogP contribution in [0.2, 0.25) is 0 Å². The van der Waals surface area contributed by atoms with E-state index in [2.05, 4.69) is 49.9 Å². The number of aromatic nitrogens is 3. The summed E-state index contributed by atoms with van der Waals surface area (Å²) in [5.74, 6) is 2.40. The molecular formula is C22H27N5OS. The molecule has 0 unspecified atom stereocenters. The fourth-order valence-corrected chi connectivity index (χ4v) is 3.73. The molecule has 3 aromatic rings. The number of anilines is 1. The predicted octanol–water partition coefficient (Wildman–Crippen LogP) is 3.13. The molecule has 152 valence electrons. The molecule has 0 aliphatic carbocycles. The first-order chi connectivity index (χ1) is 14.1. The summed E-state index contributed by atoms with van der Waals surface area (Å²) in [6.45, 7) is 3.57. The molecule has 29 heavy (non-hydrogen) atoms. The maximum atomic E-state index is 12.3. The average molecular weight is 410 g/mol. The molecule has 0 fully saturated rings. The molecule has 1 aromatic carbocycles. The number of pyridine rings is 1. The number of nitrogens with one attached hydrogen (secondary N) is 3. The summed E-state index contributed by atoms with van der Waals surface area (Å²) in [6, 6.07) is 12.6. The van der Waals surface area contributed by atoms with E-state index in [0.29, 0.717) is 17.9 Å². The van der Waals surface area contributed by atoms with Crippen LogP contribution in [-0.2, 0) is 18.7 Å². The first-order valence-electron chi connectivity index (χ1n) is 9.68. The Morgan fingerprint density at radius 2 is 1.93 bits per heavy atom. The Balaban J connectivity index is 1.44. The molecule has 0 radical (unpaired) electrons. The van der Waals surface area contributed by atoms with Crippen LogP contribution in [-0.4, -0.2) is 34.3 Å². The van der Waals surface area contributed by atoms with Gasteiger partial charge in [0.1, 0.15) is 0 Å². The lowest BCUT2D eigenvalue weighted by Crippen LogP contribution is -2.18. The number of thioether (sulfide) groups is 1. The lowest BCUT2D eigenvalue weighted by Gasteiger charge is -2.07. The van der Waals surface area contributed by atoms with Crippen LogP contribution in [0.15, 0.2) is 53.6 Å². The van der Waals surface area contributed by atoms with Gasteiger partial charge < -0.3 is 10.6 Å². The Hall–Kier alpha value is -2.64. The van der Waals surface area contributed by atoms with Crippen molar-refractivity contribution in [2.75, 3.05) is 24.7 Å². The van der Waals surface area contributed by atoms with Crippen LogP contribution in [0, 0.1) is 6.92 Å². The topological polar surface area (TPSA) is 82.7 Å². The third-order valence-electron chi connectivity index (χ3n) is 4.42. The molecule has 3 rings (SSSR count). The maximum absolute atomic E-state index is 12.3. The molecule has 0 aliphatic rings. The Morgan fingerprint density at radius 3 is 2.69 bits per heavy atom. The van der Waals surface area contributed by atoms with E-state index in [-0.39, 0.29) is 5.56 Å². The average Bonchev–Trinajstić information content (AvgIpc) is 2.72. The van der Waals surface area contributed by atoms with Crippen molar-refractivity contribution in [1.82, 2.24) is 20.3 Å². The van der Waals surface area contributed by atoms with Crippen molar-refractivity contribution >= 4 is 17.7 Å². The lowest BCUT2D eigenvalue weighted by atomic mass is 10.1. The highest BCUT2D eigenvalue weighted by Crippen LogP contribution is 2.14. The highest BCUT2D eigenvalue weighted by molar-refractivity contribution is 7.98. The summed E-state index contributed by atoms with van der Waals surface area (Å²) < 4.78 is 0. The number of aryl methyl sites for hydroxylation is 1. The molecular weight excluding hydrogens is 382 g/mol. The van der Waals surface area contributed by atoms with Crippen LogP contribution in [0.1, 0.15) is 27.9 Å². The van der Waals surface area contributed by atoms with Crippen LogP contribution in [0.25, 0.3) is 0 Å².